The minimum atomic E-state index is -3.65. The van der Waals surface area contributed by atoms with Gasteiger partial charge in [0.25, 0.3) is 0 Å². The van der Waals surface area contributed by atoms with Crippen molar-refractivity contribution in [2.24, 2.45) is 0 Å². The number of anilines is 1. The van der Waals surface area contributed by atoms with Crippen LogP contribution in [0.1, 0.15) is 45.1 Å². The van der Waals surface area contributed by atoms with Gasteiger partial charge in [0, 0.05) is 31.6 Å². The standard InChI is InChI=1S/C26H36FN3O5S/c1-5-6-17-28-26(32)20(2)29(19-21-12-7-8-13-22(21)27)25(31)16-11-18-30(36(4,33)34)23-14-9-10-15-24(23)35-3/h7-10,12-15,20H,5-6,11,16-19H2,1-4H3,(H,28,32)/t20-/m1/s1. The van der Waals surface area contributed by atoms with Crippen molar-refractivity contribution in [2.75, 3.05) is 30.8 Å². The molecule has 198 valence electrons. The Labute approximate surface area is 213 Å². The molecule has 0 aliphatic heterocycles. The summed E-state index contributed by atoms with van der Waals surface area (Å²) < 4.78 is 45.8. The number of methoxy groups -OCH3 is 1. The van der Waals surface area contributed by atoms with Crippen LogP contribution >= 0.6 is 0 Å². The van der Waals surface area contributed by atoms with E-state index in [1.54, 1.807) is 49.4 Å². The third-order valence-corrected chi connectivity index (χ3v) is 6.98. The van der Waals surface area contributed by atoms with E-state index in [1.807, 2.05) is 6.92 Å². The molecule has 36 heavy (non-hydrogen) atoms. The van der Waals surface area contributed by atoms with E-state index in [4.69, 9.17) is 4.74 Å². The number of rotatable bonds is 14. The molecule has 0 aliphatic rings. The van der Waals surface area contributed by atoms with Crippen molar-refractivity contribution in [3.8, 4) is 5.75 Å². The smallest absolute Gasteiger partial charge is 0.242 e. The van der Waals surface area contributed by atoms with Crippen molar-refractivity contribution in [3.05, 3.63) is 59.9 Å². The summed E-state index contributed by atoms with van der Waals surface area (Å²) in [5.74, 6) is -0.758. The van der Waals surface area contributed by atoms with E-state index in [9.17, 15) is 22.4 Å². The van der Waals surface area contributed by atoms with Crippen molar-refractivity contribution >= 4 is 27.5 Å². The summed E-state index contributed by atoms with van der Waals surface area (Å²) in [5, 5.41) is 2.82. The zero-order valence-electron chi connectivity index (χ0n) is 21.4. The Morgan fingerprint density at radius 2 is 1.75 bits per heavy atom. The van der Waals surface area contributed by atoms with Gasteiger partial charge >= 0.3 is 0 Å². The Balaban J connectivity index is 2.18. The summed E-state index contributed by atoms with van der Waals surface area (Å²) in [5.41, 5.74) is 0.674. The Morgan fingerprint density at radius 1 is 1.08 bits per heavy atom. The maximum atomic E-state index is 14.4. The number of nitrogens with zero attached hydrogens (tertiary/aromatic N) is 2. The van der Waals surface area contributed by atoms with E-state index in [2.05, 4.69) is 5.32 Å². The highest BCUT2D eigenvalue weighted by atomic mass is 32.2. The maximum Gasteiger partial charge on any atom is 0.242 e. The molecule has 2 amide bonds. The van der Waals surface area contributed by atoms with Crippen molar-refractivity contribution in [1.29, 1.82) is 0 Å². The molecular weight excluding hydrogens is 485 g/mol. The van der Waals surface area contributed by atoms with E-state index in [0.29, 0.717) is 23.5 Å². The van der Waals surface area contributed by atoms with Crippen molar-refractivity contribution < 1.29 is 27.1 Å². The van der Waals surface area contributed by atoms with Crippen molar-refractivity contribution in [3.63, 3.8) is 0 Å². The number of sulfonamides is 1. The Morgan fingerprint density at radius 3 is 2.39 bits per heavy atom. The summed E-state index contributed by atoms with van der Waals surface area (Å²) in [6.07, 6.45) is 2.98. The van der Waals surface area contributed by atoms with Gasteiger partial charge < -0.3 is 15.0 Å². The van der Waals surface area contributed by atoms with Crippen molar-refractivity contribution in [2.45, 2.75) is 52.1 Å². The van der Waals surface area contributed by atoms with Gasteiger partial charge in [-0.05, 0) is 38.0 Å². The monoisotopic (exact) mass is 521 g/mol. The maximum absolute atomic E-state index is 14.4. The van der Waals surface area contributed by atoms with E-state index in [1.165, 1.54) is 22.4 Å². The molecule has 1 N–H and O–H groups in total. The van der Waals surface area contributed by atoms with Crippen LogP contribution in [0.15, 0.2) is 48.5 Å². The molecule has 0 aliphatic carbocycles. The molecule has 0 aromatic heterocycles. The third-order valence-electron chi connectivity index (χ3n) is 5.80. The molecule has 0 unspecified atom stereocenters. The summed E-state index contributed by atoms with van der Waals surface area (Å²) >= 11 is 0. The predicted octanol–water partition coefficient (Wildman–Crippen LogP) is 3.71. The van der Waals surface area contributed by atoms with Crippen LogP contribution in [0.5, 0.6) is 5.75 Å². The molecule has 2 aromatic rings. The fourth-order valence-corrected chi connectivity index (χ4v) is 4.72. The fraction of sp³-hybridized carbons (Fsp3) is 0.462. The average molecular weight is 522 g/mol. The molecule has 1 atom stereocenters. The molecule has 0 radical (unpaired) electrons. The Kier molecular flexibility index (Phi) is 11.2. The summed E-state index contributed by atoms with van der Waals surface area (Å²) in [6.45, 7) is 4.07. The van der Waals surface area contributed by atoms with Crippen LogP contribution in [-0.4, -0.2) is 57.6 Å². The van der Waals surface area contributed by atoms with Crippen molar-refractivity contribution in [1.82, 2.24) is 10.2 Å². The average Bonchev–Trinajstić information content (AvgIpc) is 2.85. The van der Waals surface area contributed by atoms with Gasteiger partial charge in [-0.25, -0.2) is 12.8 Å². The number of ether oxygens (including phenoxy) is 1. The number of para-hydroxylation sites is 2. The van der Waals surface area contributed by atoms with Gasteiger partial charge in [0.15, 0.2) is 0 Å². The first-order valence-electron chi connectivity index (χ1n) is 12.0. The molecule has 0 fully saturated rings. The highest BCUT2D eigenvalue weighted by Crippen LogP contribution is 2.29. The van der Waals surface area contributed by atoms with Crippen LogP contribution in [0, 0.1) is 5.82 Å². The number of amides is 2. The Hall–Kier alpha value is -3.14. The lowest BCUT2D eigenvalue weighted by Gasteiger charge is -2.29. The number of nitrogens with one attached hydrogen (secondary N) is 1. The zero-order valence-corrected chi connectivity index (χ0v) is 22.2. The van der Waals surface area contributed by atoms with Crippen LogP contribution in [0.2, 0.25) is 0 Å². The van der Waals surface area contributed by atoms with E-state index < -0.39 is 21.9 Å². The second-order valence-corrected chi connectivity index (χ2v) is 10.5. The molecule has 10 heteroatoms. The van der Waals surface area contributed by atoms with Crippen LogP contribution in [0.25, 0.3) is 0 Å². The second kappa shape index (κ2) is 13.8. The third kappa shape index (κ3) is 8.22. The SMILES string of the molecule is CCCCNC(=O)[C@@H](C)N(Cc1ccccc1F)C(=O)CCCN(c1ccccc1OC)S(C)(=O)=O. The van der Waals surface area contributed by atoms with Gasteiger partial charge in [-0.2, -0.15) is 0 Å². The Bertz CT molecular complexity index is 1130. The van der Waals surface area contributed by atoms with E-state index in [0.717, 1.165) is 19.1 Å². The lowest BCUT2D eigenvalue weighted by Crippen LogP contribution is -2.48. The first kappa shape index (κ1) is 29.1. The number of unbranched alkanes of at least 4 members (excludes halogenated alkanes) is 1. The molecule has 2 rings (SSSR count). The number of hydrogen-bond acceptors (Lipinski definition) is 5. The van der Waals surface area contributed by atoms with Gasteiger partial charge in [-0.3, -0.25) is 13.9 Å². The summed E-state index contributed by atoms with van der Waals surface area (Å²) in [6, 6.07) is 12.0. The van der Waals surface area contributed by atoms with Crippen LogP contribution in [0.4, 0.5) is 10.1 Å². The van der Waals surface area contributed by atoms with Gasteiger partial charge in [-0.15, -0.1) is 0 Å². The topological polar surface area (TPSA) is 96.0 Å². The lowest BCUT2D eigenvalue weighted by molar-refractivity contribution is -0.140. The number of carbonyl (C=O) groups is 2. The van der Waals surface area contributed by atoms with Gasteiger partial charge in [0.05, 0.1) is 19.1 Å². The largest absolute Gasteiger partial charge is 0.495 e. The fourth-order valence-electron chi connectivity index (χ4n) is 3.75. The summed E-state index contributed by atoms with van der Waals surface area (Å²) in [4.78, 5) is 27.3. The zero-order chi connectivity index (χ0) is 26.7. The molecular formula is C26H36FN3O5S. The van der Waals surface area contributed by atoms with E-state index in [-0.39, 0.29) is 37.7 Å². The van der Waals surface area contributed by atoms with E-state index >= 15 is 0 Å². The van der Waals surface area contributed by atoms with Crippen LogP contribution in [0.3, 0.4) is 0 Å². The first-order chi connectivity index (χ1) is 17.1. The van der Waals surface area contributed by atoms with Crippen LogP contribution in [-0.2, 0) is 26.2 Å². The molecule has 0 heterocycles. The molecule has 0 saturated heterocycles. The summed E-state index contributed by atoms with van der Waals surface area (Å²) in [7, 11) is -2.20. The number of hydrogen-bond donors (Lipinski definition) is 1. The normalized spacial score (nSPS) is 12.0. The highest BCUT2D eigenvalue weighted by molar-refractivity contribution is 7.92. The number of halogens is 1. The highest BCUT2D eigenvalue weighted by Gasteiger charge is 2.27. The minimum Gasteiger partial charge on any atom is -0.495 e. The quantitative estimate of drug-likeness (QED) is 0.383. The molecule has 8 nitrogen and oxygen atoms in total. The number of benzene rings is 2. The predicted molar refractivity (Wildman–Crippen MR) is 139 cm³/mol. The van der Waals surface area contributed by atoms with Gasteiger partial charge in [-0.1, -0.05) is 43.7 Å². The second-order valence-electron chi connectivity index (χ2n) is 8.54. The molecule has 0 saturated carbocycles. The minimum absolute atomic E-state index is 0.0256. The number of carbonyl (C=O) groups excluding carboxylic acids is 2. The van der Waals surface area contributed by atoms with Gasteiger partial charge in [0.2, 0.25) is 21.8 Å². The van der Waals surface area contributed by atoms with Crippen LogP contribution < -0.4 is 14.4 Å². The molecule has 0 bridgehead atoms. The first-order valence-corrected chi connectivity index (χ1v) is 13.9. The molecule has 0 spiro atoms. The molecule has 2 aromatic carbocycles. The van der Waals surface area contributed by atoms with Gasteiger partial charge in [0.1, 0.15) is 17.6 Å². The lowest BCUT2D eigenvalue weighted by atomic mass is 10.1.